The normalized spacial score (nSPS) is 10.4. The van der Waals surface area contributed by atoms with Gasteiger partial charge in [-0.3, -0.25) is 0 Å². The maximum absolute atomic E-state index is 13.7. The van der Waals surface area contributed by atoms with Crippen molar-refractivity contribution in [2.75, 3.05) is 17.2 Å². The fraction of sp³-hybridized carbons (Fsp3) is 0.150. The number of nitrogens with one attached hydrogen (secondary N) is 2. The van der Waals surface area contributed by atoms with Crippen LogP contribution in [-0.2, 0) is 6.42 Å². The number of anilines is 3. The van der Waals surface area contributed by atoms with Gasteiger partial charge in [0.25, 0.3) is 0 Å². The minimum Gasteiger partial charge on any atom is -0.478 e. The van der Waals surface area contributed by atoms with Crippen molar-refractivity contribution < 1.29 is 14.3 Å². The number of rotatable bonds is 7. The molecule has 1 aromatic heterocycles. The second-order valence-corrected chi connectivity index (χ2v) is 5.96. The number of hydrogen-bond donors (Lipinski definition) is 3. The Morgan fingerprint density at radius 3 is 2.63 bits per heavy atom. The van der Waals surface area contributed by atoms with E-state index in [-0.39, 0.29) is 11.4 Å². The third-order valence-electron chi connectivity index (χ3n) is 3.88. The zero-order valence-electron chi connectivity index (χ0n) is 14.7. The number of aromatic carboxylic acids is 1. The predicted molar refractivity (Wildman–Crippen MR) is 102 cm³/mol. The molecule has 0 bridgehead atoms. The van der Waals surface area contributed by atoms with Crippen LogP contribution in [0.4, 0.5) is 21.7 Å². The number of halogens is 1. The second-order valence-electron chi connectivity index (χ2n) is 5.96. The Balaban J connectivity index is 1.68. The van der Waals surface area contributed by atoms with Gasteiger partial charge in [0, 0.05) is 18.3 Å². The highest BCUT2D eigenvalue weighted by Crippen LogP contribution is 2.19. The standard InChI is InChI=1S/C20H19FN4O2/c1-13-23-18(22-10-9-14-5-2-3-8-17(14)21)12-19(24-13)25-16-7-4-6-15(11-16)20(26)27/h2-8,11-12H,9-10H2,1H3,(H,26,27)(H2,22,23,24,25). The molecule has 3 N–H and O–H groups in total. The van der Waals surface area contributed by atoms with Crippen molar-refractivity contribution in [2.24, 2.45) is 0 Å². The monoisotopic (exact) mass is 366 g/mol. The molecule has 0 aliphatic rings. The summed E-state index contributed by atoms with van der Waals surface area (Å²) in [6, 6.07) is 14.9. The number of nitrogens with zero attached hydrogens (tertiary/aromatic N) is 2. The molecule has 3 aromatic rings. The summed E-state index contributed by atoms with van der Waals surface area (Å²) in [4.78, 5) is 19.7. The maximum atomic E-state index is 13.7. The molecule has 0 unspecified atom stereocenters. The third kappa shape index (κ3) is 5.01. The van der Waals surface area contributed by atoms with E-state index in [0.717, 1.165) is 0 Å². The summed E-state index contributed by atoms with van der Waals surface area (Å²) < 4.78 is 13.7. The quantitative estimate of drug-likeness (QED) is 0.585. The van der Waals surface area contributed by atoms with Crippen molar-refractivity contribution >= 4 is 23.3 Å². The Kier molecular flexibility index (Phi) is 5.61. The van der Waals surface area contributed by atoms with Gasteiger partial charge < -0.3 is 15.7 Å². The number of carboxylic acids is 1. The van der Waals surface area contributed by atoms with E-state index in [1.165, 1.54) is 18.2 Å². The summed E-state index contributed by atoms with van der Waals surface area (Å²) in [5.41, 5.74) is 1.44. The van der Waals surface area contributed by atoms with E-state index in [0.29, 0.717) is 41.7 Å². The lowest BCUT2D eigenvalue weighted by Gasteiger charge is -2.11. The lowest BCUT2D eigenvalue weighted by molar-refractivity contribution is 0.0697. The molecule has 0 aliphatic carbocycles. The van der Waals surface area contributed by atoms with Crippen LogP contribution in [0.25, 0.3) is 0 Å². The van der Waals surface area contributed by atoms with Crippen molar-refractivity contribution in [2.45, 2.75) is 13.3 Å². The van der Waals surface area contributed by atoms with Gasteiger partial charge in [0.05, 0.1) is 5.56 Å². The SMILES string of the molecule is Cc1nc(NCCc2ccccc2F)cc(Nc2cccc(C(=O)O)c2)n1. The molecule has 27 heavy (non-hydrogen) atoms. The molecular weight excluding hydrogens is 347 g/mol. The molecule has 3 rings (SSSR count). The highest BCUT2D eigenvalue weighted by molar-refractivity contribution is 5.89. The number of aryl methyl sites for hydroxylation is 1. The Morgan fingerprint density at radius 2 is 1.85 bits per heavy atom. The molecule has 0 spiro atoms. The van der Waals surface area contributed by atoms with Crippen LogP contribution in [0.2, 0.25) is 0 Å². The van der Waals surface area contributed by atoms with E-state index in [1.54, 1.807) is 43.3 Å². The molecule has 0 atom stereocenters. The molecular formula is C20H19FN4O2. The van der Waals surface area contributed by atoms with E-state index >= 15 is 0 Å². The van der Waals surface area contributed by atoms with E-state index in [4.69, 9.17) is 5.11 Å². The molecule has 0 radical (unpaired) electrons. The average molecular weight is 366 g/mol. The van der Waals surface area contributed by atoms with Gasteiger partial charge in [0.1, 0.15) is 23.3 Å². The average Bonchev–Trinajstić information content (AvgIpc) is 2.63. The number of carbonyl (C=O) groups is 1. The van der Waals surface area contributed by atoms with Gasteiger partial charge in [0.2, 0.25) is 0 Å². The van der Waals surface area contributed by atoms with E-state index in [9.17, 15) is 9.18 Å². The van der Waals surface area contributed by atoms with E-state index in [2.05, 4.69) is 20.6 Å². The van der Waals surface area contributed by atoms with Crippen molar-refractivity contribution in [1.29, 1.82) is 0 Å². The molecule has 0 saturated heterocycles. The lowest BCUT2D eigenvalue weighted by Crippen LogP contribution is -2.09. The summed E-state index contributed by atoms with van der Waals surface area (Å²) in [6.07, 6.45) is 0.527. The summed E-state index contributed by atoms with van der Waals surface area (Å²) in [6.45, 7) is 2.28. The lowest BCUT2D eigenvalue weighted by atomic mass is 10.1. The van der Waals surface area contributed by atoms with Gasteiger partial charge in [-0.05, 0) is 43.2 Å². The predicted octanol–water partition coefficient (Wildman–Crippen LogP) is 4.02. The van der Waals surface area contributed by atoms with E-state index < -0.39 is 5.97 Å². The van der Waals surface area contributed by atoms with Crippen LogP contribution in [0, 0.1) is 12.7 Å². The number of hydrogen-bond acceptors (Lipinski definition) is 5. The van der Waals surface area contributed by atoms with Crippen LogP contribution in [-0.4, -0.2) is 27.6 Å². The van der Waals surface area contributed by atoms with Gasteiger partial charge >= 0.3 is 5.97 Å². The first-order valence-electron chi connectivity index (χ1n) is 8.44. The molecule has 7 heteroatoms. The molecule has 0 fully saturated rings. The van der Waals surface area contributed by atoms with Crippen molar-refractivity contribution in [1.82, 2.24) is 9.97 Å². The number of carboxylic acid groups (broad SMARTS) is 1. The zero-order chi connectivity index (χ0) is 19.2. The van der Waals surface area contributed by atoms with Crippen LogP contribution >= 0.6 is 0 Å². The molecule has 0 aliphatic heterocycles. The first-order chi connectivity index (χ1) is 13.0. The van der Waals surface area contributed by atoms with Crippen LogP contribution in [0.3, 0.4) is 0 Å². The van der Waals surface area contributed by atoms with Gasteiger partial charge in [-0.1, -0.05) is 24.3 Å². The summed E-state index contributed by atoms with van der Waals surface area (Å²) in [5, 5.41) is 15.3. The molecule has 2 aromatic carbocycles. The number of benzene rings is 2. The Hall–Kier alpha value is -3.48. The van der Waals surface area contributed by atoms with Crippen molar-refractivity contribution in [3.05, 3.63) is 77.4 Å². The van der Waals surface area contributed by atoms with Gasteiger partial charge in [-0.15, -0.1) is 0 Å². The summed E-state index contributed by atoms with van der Waals surface area (Å²) in [5.74, 6) is 0.490. The topological polar surface area (TPSA) is 87.1 Å². The Bertz CT molecular complexity index is 962. The minimum atomic E-state index is -0.993. The molecule has 138 valence electrons. The summed E-state index contributed by atoms with van der Waals surface area (Å²) in [7, 11) is 0. The number of aromatic nitrogens is 2. The molecule has 0 saturated carbocycles. The van der Waals surface area contributed by atoms with Crippen molar-refractivity contribution in [3.63, 3.8) is 0 Å². The Labute approximate surface area is 156 Å². The van der Waals surface area contributed by atoms with Gasteiger partial charge in [0.15, 0.2) is 0 Å². The third-order valence-corrected chi connectivity index (χ3v) is 3.88. The smallest absolute Gasteiger partial charge is 0.335 e. The highest BCUT2D eigenvalue weighted by atomic mass is 19.1. The van der Waals surface area contributed by atoms with Gasteiger partial charge in [-0.2, -0.15) is 0 Å². The van der Waals surface area contributed by atoms with Gasteiger partial charge in [-0.25, -0.2) is 19.2 Å². The highest BCUT2D eigenvalue weighted by Gasteiger charge is 2.06. The first kappa shape index (κ1) is 18.3. The van der Waals surface area contributed by atoms with Crippen molar-refractivity contribution in [3.8, 4) is 0 Å². The fourth-order valence-corrected chi connectivity index (χ4v) is 2.63. The van der Waals surface area contributed by atoms with E-state index in [1.807, 2.05) is 0 Å². The minimum absolute atomic E-state index is 0.189. The second kappa shape index (κ2) is 8.27. The Morgan fingerprint density at radius 1 is 1.07 bits per heavy atom. The van der Waals surface area contributed by atoms with Crippen LogP contribution in [0.15, 0.2) is 54.6 Å². The zero-order valence-corrected chi connectivity index (χ0v) is 14.7. The van der Waals surface area contributed by atoms with Crippen LogP contribution in [0.5, 0.6) is 0 Å². The summed E-state index contributed by atoms with van der Waals surface area (Å²) >= 11 is 0. The maximum Gasteiger partial charge on any atom is 0.335 e. The van der Waals surface area contributed by atoms with Crippen LogP contribution < -0.4 is 10.6 Å². The first-order valence-corrected chi connectivity index (χ1v) is 8.44. The van der Waals surface area contributed by atoms with Crippen LogP contribution in [0.1, 0.15) is 21.7 Å². The molecule has 6 nitrogen and oxygen atoms in total. The molecule has 1 heterocycles. The molecule has 0 amide bonds. The fourth-order valence-electron chi connectivity index (χ4n) is 2.63. The largest absolute Gasteiger partial charge is 0.478 e.